The van der Waals surface area contributed by atoms with Crippen LogP contribution in [0.5, 0.6) is 0 Å². The van der Waals surface area contributed by atoms with E-state index in [-0.39, 0.29) is 17.5 Å². The summed E-state index contributed by atoms with van der Waals surface area (Å²) in [4.78, 5) is 0. The lowest BCUT2D eigenvalue weighted by Crippen LogP contribution is -2.42. The first-order chi connectivity index (χ1) is 11.6. The number of nitrogens with zero attached hydrogens (tertiary/aromatic N) is 3. The zero-order valence-electron chi connectivity index (χ0n) is 13.0. The molecule has 2 N–H and O–H groups in total. The molecule has 0 aliphatic heterocycles. The van der Waals surface area contributed by atoms with Gasteiger partial charge in [0.1, 0.15) is 6.07 Å². The Labute approximate surface area is 149 Å². The van der Waals surface area contributed by atoms with Crippen molar-refractivity contribution in [1.29, 1.82) is 15.8 Å². The second-order valence-corrected chi connectivity index (χ2v) is 7.07. The van der Waals surface area contributed by atoms with Crippen LogP contribution in [0.2, 0.25) is 0 Å². The maximum Gasteiger partial charge on any atom is 0.191 e. The number of nitrogens with two attached hydrogens (primary N) is 1. The Kier molecular flexibility index (Phi) is 4.18. The normalized spacial score (nSPS) is 24.8. The molecular formula is C19H15BrN4. The Bertz CT molecular complexity index is 845. The van der Waals surface area contributed by atoms with Gasteiger partial charge in [-0.15, -0.1) is 0 Å². The highest BCUT2D eigenvalue weighted by Crippen LogP contribution is 2.55. The summed E-state index contributed by atoms with van der Waals surface area (Å²) < 4.78 is 0.933. The molecule has 24 heavy (non-hydrogen) atoms. The van der Waals surface area contributed by atoms with Gasteiger partial charge in [-0.3, -0.25) is 0 Å². The lowest BCUT2D eigenvalue weighted by molar-refractivity contribution is 0.317. The van der Waals surface area contributed by atoms with E-state index in [1.165, 1.54) is 0 Å². The molecule has 0 amide bonds. The minimum Gasteiger partial charge on any atom is -0.399 e. The number of rotatable bonds is 1. The van der Waals surface area contributed by atoms with Crippen LogP contribution in [0.25, 0.3) is 0 Å². The van der Waals surface area contributed by atoms with E-state index in [1.54, 1.807) is 0 Å². The number of allylic oxidation sites excluding steroid dienone is 4. The monoisotopic (exact) mass is 378 g/mol. The van der Waals surface area contributed by atoms with Gasteiger partial charge in [-0.05, 0) is 48.4 Å². The first-order valence-corrected chi connectivity index (χ1v) is 8.57. The van der Waals surface area contributed by atoms with Gasteiger partial charge < -0.3 is 5.73 Å². The molecule has 1 aromatic carbocycles. The molecule has 4 nitrogen and oxygen atoms in total. The molecule has 0 unspecified atom stereocenters. The van der Waals surface area contributed by atoms with Gasteiger partial charge in [-0.1, -0.05) is 34.1 Å². The average Bonchev–Trinajstić information content (AvgIpc) is 2.62. The van der Waals surface area contributed by atoms with Crippen LogP contribution >= 0.6 is 15.9 Å². The third-order valence-corrected chi connectivity index (χ3v) is 5.56. The molecule has 2 aliphatic rings. The van der Waals surface area contributed by atoms with Crippen LogP contribution in [0.1, 0.15) is 30.7 Å². The first kappa shape index (κ1) is 16.3. The number of fused-ring (bicyclic) bond motifs is 1. The Morgan fingerprint density at radius 1 is 1.12 bits per heavy atom. The minimum absolute atomic E-state index is 0.0406. The van der Waals surface area contributed by atoms with Crippen molar-refractivity contribution in [2.24, 2.45) is 17.1 Å². The van der Waals surface area contributed by atoms with Gasteiger partial charge in [0, 0.05) is 10.4 Å². The van der Waals surface area contributed by atoms with Crippen molar-refractivity contribution >= 4 is 15.9 Å². The molecule has 1 aromatic rings. The van der Waals surface area contributed by atoms with Crippen LogP contribution in [0.4, 0.5) is 0 Å². The molecule has 0 saturated heterocycles. The first-order valence-electron chi connectivity index (χ1n) is 7.77. The van der Waals surface area contributed by atoms with Crippen LogP contribution in [-0.4, -0.2) is 0 Å². The van der Waals surface area contributed by atoms with Crippen molar-refractivity contribution in [2.45, 2.75) is 25.2 Å². The molecule has 0 fully saturated rings. The van der Waals surface area contributed by atoms with Crippen molar-refractivity contribution < 1.29 is 0 Å². The van der Waals surface area contributed by atoms with Crippen molar-refractivity contribution in [3.63, 3.8) is 0 Å². The van der Waals surface area contributed by atoms with E-state index < -0.39 is 5.41 Å². The summed E-state index contributed by atoms with van der Waals surface area (Å²) >= 11 is 3.42. The SMILES string of the molecule is N#CC1=C(N)C(C#N)(C#N)[C@@H](c2ccc(Br)cc2)[C@@H]2CCCC=C12. The van der Waals surface area contributed by atoms with Crippen molar-refractivity contribution in [1.82, 2.24) is 0 Å². The van der Waals surface area contributed by atoms with Gasteiger partial charge in [-0.2, -0.15) is 15.8 Å². The van der Waals surface area contributed by atoms with Crippen LogP contribution in [0.3, 0.4) is 0 Å². The largest absolute Gasteiger partial charge is 0.399 e. The van der Waals surface area contributed by atoms with E-state index in [4.69, 9.17) is 5.73 Å². The lowest BCUT2D eigenvalue weighted by Gasteiger charge is -2.43. The molecule has 0 radical (unpaired) electrons. The number of nitriles is 3. The lowest BCUT2D eigenvalue weighted by atomic mass is 9.57. The second kappa shape index (κ2) is 6.16. The summed E-state index contributed by atoms with van der Waals surface area (Å²) in [6, 6.07) is 14.1. The molecule has 118 valence electrons. The minimum atomic E-state index is -1.52. The van der Waals surface area contributed by atoms with E-state index in [2.05, 4.69) is 34.1 Å². The third-order valence-electron chi connectivity index (χ3n) is 5.03. The topological polar surface area (TPSA) is 97.4 Å². The van der Waals surface area contributed by atoms with Gasteiger partial charge in [-0.25, -0.2) is 0 Å². The molecule has 2 aliphatic carbocycles. The van der Waals surface area contributed by atoms with Gasteiger partial charge in [0.2, 0.25) is 0 Å². The van der Waals surface area contributed by atoms with Gasteiger partial charge >= 0.3 is 0 Å². The van der Waals surface area contributed by atoms with E-state index in [9.17, 15) is 15.8 Å². The summed E-state index contributed by atoms with van der Waals surface area (Å²) in [5, 5.41) is 29.3. The second-order valence-electron chi connectivity index (χ2n) is 6.16. The molecule has 3 rings (SSSR count). The maximum atomic E-state index is 9.88. The molecule has 0 saturated carbocycles. The van der Waals surface area contributed by atoms with Crippen LogP contribution in [-0.2, 0) is 0 Å². The van der Waals surface area contributed by atoms with Crippen molar-refractivity contribution in [3.05, 3.63) is 57.2 Å². The van der Waals surface area contributed by atoms with Crippen LogP contribution in [0, 0.1) is 45.3 Å². The molecule has 2 atom stereocenters. The van der Waals surface area contributed by atoms with E-state index in [0.717, 1.165) is 34.9 Å². The molecule has 5 heteroatoms. The average molecular weight is 379 g/mol. The predicted molar refractivity (Wildman–Crippen MR) is 92.8 cm³/mol. The van der Waals surface area contributed by atoms with Crippen molar-refractivity contribution in [2.75, 3.05) is 0 Å². The summed E-state index contributed by atoms with van der Waals surface area (Å²) in [6.07, 6.45) is 4.76. The number of hydrogen-bond acceptors (Lipinski definition) is 4. The highest BCUT2D eigenvalue weighted by molar-refractivity contribution is 9.10. The molecule has 0 spiro atoms. The van der Waals surface area contributed by atoms with Gasteiger partial charge in [0.15, 0.2) is 5.41 Å². The van der Waals surface area contributed by atoms with E-state index >= 15 is 0 Å². The number of halogens is 1. The maximum absolute atomic E-state index is 9.88. The van der Waals surface area contributed by atoms with E-state index in [0.29, 0.717) is 5.57 Å². The molecule has 0 heterocycles. The number of benzene rings is 1. The molecule has 0 bridgehead atoms. The standard InChI is InChI=1S/C19H15BrN4/c20-13-7-5-12(6-8-13)17-15-4-2-1-3-14(15)16(9-21)18(24)19(17,10-22)11-23/h3,5-8,15,17H,1-2,4,24H2/t15-,17+/m1/s1. The van der Waals surface area contributed by atoms with Gasteiger partial charge in [0.05, 0.1) is 23.4 Å². The summed E-state index contributed by atoms with van der Waals surface area (Å²) in [5.41, 5.74) is 6.91. The Hall–Kier alpha value is -2.55. The zero-order chi connectivity index (χ0) is 17.3. The predicted octanol–water partition coefficient (Wildman–Crippen LogP) is 4.04. The third kappa shape index (κ3) is 2.23. The fourth-order valence-electron chi connectivity index (χ4n) is 3.92. The summed E-state index contributed by atoms with van der Waals surface area (Å²) in [5.74, 6) is -0.412. The summed E-state index contributed by atoms with van der Waals surface area (Å²) in [6.45, 7) is 0. The van der Waals surface area contributed by atoms with Crippen molar-refractivity contribution in [3.8, 4) is 18.2 Å². The molecular weight excluding hydrogens is 364 g/mol. The van der Waals surface area contributed by atoms with E-state index in [1.807, 2.05) is 30.3 Å². The smallest absolute Gasteiger partial charge is 0.191 e. The Morgan fingerprint density at radius 3 is 2.38 bits per heavy atom. The highest BCUT2D eigenvalue weighted by atomic mass is 79.9. The zero-order valence-corrected chi connectivity index (χ0v) is 14.5. The van der Waals surface area contributed by atoms with Crippen LogP contribution < -0.4 is 5.73 Å². The fraction of sp³-hybridized carbons (Fsp3) is 0.316. The Balaban J connectivity index is 2.31. The molecule has 0 aromatic heterocycles. The highest BCUT2D eigenvalue weighted by Gasteiger charge is 2.53. The van der Waals surface area contributed by atoms with Gasteiger partial charge in [0.25, 0.3) is 0 Å². The Morgan fingerprint density at radius 2 is 1.79 bits per heavy atom. The fourth-order valence-corrected chi connectivity index (χ4v) is 4.18. The quantitative estimate of drug-likeness (QED) is 0.796. The number of hydrogen-bond donors (Lipinski definition) is 1. The van der Waals surface area contributed by atoms with Crippen LogP contribution in [0.15, 0.2) is 51.7 Å². The summed E-state index contributed by atoms with van der Waals surface area (Å²) in [7, 11) is 0.